The highest BCUT2D eigenvalue weighted by molar-refractivity contribution is 6.30. The van der Waals surface area contributed by atoms with E-state index in [1.54, 1.807) is 6.33 Å². The molecule has 5 rings (SSSR count). The van der Waals surface area contributed by atoms with Gasteiger partial charge in [0.2, 0.25) is 5.28 Å². The van der Waals surface area contributed by atoms with Crippen LogP contribution in [0.3, 0.4) is 0 Å². The molecule has 3 aromatic heterocycles. The molecule has 1 aliphatic rings. The van der Waals surface area contributed by atoms with Crippen LogP contribution in [0.15, 0.2) is 48.8 Å². The first-order valence-electron chi connectivity index (χ1n) is 9.99. The molecule has 1 aromatic carbocycles. The van der Waals surface area contributed by atoms with Crippen molar-refractivity contribution in [3.63, 3.8) is 0 Å². The molecule has 6 nitrogen and oxygen atoms in total. The van der Waals surface area contributed by atoms with E-state index in [4.69, 9.17) is 28.2 Å². The van der Waals surface area contributed by atoms with E-state index in [1.165, 1.54) is 0 Å². The van der Waals surface area contributed by atoms with Crippen LogP contribution >= 0.6 is 23.2 Å². The van der Waals surface area contributed by atoms with E-state index < -0.39 is 4.87 Å². The molecular weight excluding hydrogens is 431 g/mol. The first kappa shape index (κ1) is 20.0. The third-order valence-electron chi connectivity index (χ3n) is 5.55. The van der Waals surface area contributed by atoms with Crippen molar-refractivity contribution >= 4 is 56.7 Å². The second-order valence-electron chi connectivity index (χ2n) is 7.85. The molecule has 0 spiro atoms. The lowest BCUT2D eigenvalue weighted by Crippen LogP contribution is -2.22. The molecule has 1 unspecified atom stereocenters. The van der Waals surface area contributed by atoms with Crippen molar-refractivity contribution < 1.29 is 0 Å². The maximum Gasteiger partial charge on any atom is 0.226 e. The highest BCUT2D eigenvalue weighted by Crippen LogP contribution is 2.40. The molecule has 2 N–H and O–H groups in total. The van der Waals surface area contributed by atoms with Gasteiger partial charge in [-0.3, -0.25) is 0 Å². The lowest BCUT2D eigenvalue weighted by atomic mass is 9.87. The minimum Gasteiger partial charge on any atom is -0.364 e. The van der Waals surface area contributed by atoms with E-state index in [0.717, 1.165) is 39.7 Å². The monoisotopic (exact) mass is 450 g/mol. The van der Waals surface area contributed by atoms with Gasteiger partial charge in [0.05, 0.1) is 22.4 Å². The number of para-hydroxylation sites is 1. The van der Waals surface area contributed by atoms with Crippen molar-refractivity contribution in [1.82, 2.24) is 24.9 Å². The van der Waals surface area contributed by atoms with Crippen LogP contribution < -0.4 is 5.32 Å². The number of aryl methyl sites for hydroxylation is 1. The summed E-state index contributed by atoms with van der Waals surface area (Å²) < 4.78 is 0. The summed E-state index contributed by atoms with van der Waals surface area (Å²) in [6.07, 6.45) is 8.50. The normalized spacial score (nSPS) is 18.5. The lowest BCUT2D eigenvalue weighted by Gasteiger charge is -2.28. The lowest BCUT2D eigenvalue weighted by molar-refractivity contribution is 0.797. The number of imidazole rings is 1. The van der Waals surface area contributed by atoms with Gasteiger partial charge < -0.3 is 10.3 Å². The van der Waals surface area contributed by atoms with E-state index in [1.807, 2.05) is 19.1 Å². The van der Waals surface area contributed by atoms with Gasteiger partial charge >= 0.3 is 0 Å². The summed E-state index contributed by atoms with van der Waals surface area (Å²) in [6, 6.07) is 8.36. The number of rotatable bonds is 4. The third kappa shape index (κ3) is 3.66. The number of benzene rings is 1. The van der Waals surface area contributed by atoms with Gasteiger partial charge in [0.15, 0.2) is 11.5 Å². The third-order valence-corrected chi connectivity index (χ3v) is 6.07. The fraction of sp³-hybridized carbons (Fsp3) is 0.217. The Bertz CT molecular complexity index is 1370. The van der Waals surface area contributed by atoms with Crippen LogP contribution in [0.1, 0.15) is 30.2 Å². The molecule has 31 heavy (non-hydrogen) atoms. The molecule has 156 valence electrons. The SMILES string of the molecule is Cc1cccc2cc(CNc3nc(Cl)nc4nc[nH]c34)c(C3=CC=CCC3(C)Cl)nc12. The number of nitrogens with zero attached hydrogens (tertiary/aromatic N) is 4. The largest absolute Gasteiger partial charge is 0.364 e. The smallest absolute Gasteiger partial charge is 0.226 e. The number of fused-ring (bicyclic) bond motifs is 2. The number of aromatic amines is 1. The van der Waals surface area contributed by atoms with Gasteiger partial charge in [-0.15, -0.1) is 11.6 Å². The minimum atomic E-state index is -0.526. The van der Waals surface area contributed by atoms with Gasteiger partial charge in [-0.2, -0.15) is 9.97 Å². The summed E-state index contributed by atoms with van der Waals surface area (Å²) in [7, 11) is 0. The number of hydrogen-bond donors (Lipinski definition) is 2. The zero-order chi connectivity index (χ0) is 21.6. The van der Waals surface area contributed by atoms with Crippen LogP contribution in [0, 0.1) is 6.92 Å². The van der Waals surface area contributed by atoms with E-state index in [2.05, 4.69) is 62.5 Å². The van der Waals surface area contributed by atoms with Crippen molar-refractivity contribution in [3.05, 3.63) is 70.9 Å². The highest BCUT2D eigenvalue weighted by atomic mass is 35.5. The Hall–Kier alpha value is -2.96. The fourth-order valence-electron chi connectivity index (χ4n) is 3.94. The van der Waals surface area contributed by atoms with Crippen molar-refractivity contribution in [1.29, 1.82) is 0 Å². The van der Waals surface area contributed by atoms with Crippen LogP contribution in [-0.2, 0) is 6.54 Å². The average molecular weight is 451 g/mol. The van der Waals surface area contributed by atoms with Gasteiger partial charge in [-0.05, 0) is 54.6 Å². The molecule has 0 saturated carbocycles. The van der Waals surface area contributed by atoms with Crippen molar-refractivity contribution in [3.8, 4) is 0 Å². The zero-order valence-corrected chi connectivity index (χ0v) is 18.6. The maximum atomic E-state index is 6.91. The molecule has 8 heteroatoms. The summed E-state index contributed by atoms with van der Waals surface area (Å²) in [6.45, 7) is 4.59. The van der Waals surface area contributed by atoms with E-state index >= 15 is 0 Å². The molecule has 1 aliphatic carbocycles. The second-order valence-corrected chi connectivity index (χ2v) is 9.02. The Kier molecular flexibility index (Phi) is 4.91. The predicted octanol–water partition coefficient (Wildman–Crippen LogP) is 5.82. The van der Waals surface area contributed by atoms with Gasteiger partial charge in [0.1, 0.15) is 5.52 Å². The predicted molar refractivity (Wildman–Crippen MR) is 126 cm³/mol. The Morgan fingerprint density at radius 1 is 1.23 bits per heavy atom. The number of anilines is 1. The summed E-state index contributed by atoms with van der Waals surface area (Å²) in [5.41, 5.74) is 6.24. The van der Waals surface area contributed by atoms with Gasteiger partial charge in [-0.1, -0.05) is 36.4 Å². The zero-order valence-electron chi connectivity index (χ0n) is 17.1. The number of allylic oxidation sites excluding steroid dienone is 4. The molecule has 0 amide bonds. The summed E-state index contributed by atoms with van der Waals surface area (Å²) >= 11 is 13.0. The van der Waals surface area contributed by atoms with Crippen molar-refractivity contribution in [2.24, 2.45) is 0 Å². The average Bonchev–Trinajstić information content (AvgIpc) is 3.20. The number of alkyl halides is 1. The topological polar surface area (TPSA) is 79.4 Å². The summed E-state index contributed by atoms with van der Waals surface area (Å²) in [5.74, 6) is 0.592. The quantitative estimate of drug-likeness (QED) is 0.302. The number of pyridine rings is 1. The number of halogens is 2. The van der Waals surface area contributed by atoms with E-state index in [0.29, 0.717) is 23.5 Å². The first-order valence-corrected chi connectivity index (χ1v) is 10.7. The second kappa shape index (κ2) is 7.62. The minimum absolute atomic E-state index is 0.142. The summed E-state index contributed by atoms with van der Waals surface area (Å²) in [4.78, 5) is 20.3. The number of hydrogen-bond acceptors (Lipinski definition) is 5. The van der Waals surface area contributed by atoms with Crippen molar-refractivity contribution in [2.45, 2.75) is 31.7 Å². The molecular formula is C23H20Cl2N6. The Labute approximate surface area is 189 Å². The number of nitrogens with one attached hydrogen (secondary N) is 2. The van der Waals surface area contributed by atoms with Crippen LogP contribution in [0.25, 0.3) is 27.6 Å². The maximum absolute atomic E-state index is 6.91. The molecule has 3 heterocycles. The fourth-order valence-corrected chi connectivity index (χ4v) is 4.34. The Morgan fingerprint density at radius 3 is 2.94 bits per heavy atom. The van der Waals surface area contributed by atoms with Crippen LogP contribution in [-0.4, -0.2) is 29.8 Å². The molecule has 0 radical (unpaired) electrons. The van der Waals surface area contributed by atoms with Gasteiger partial charge in [0, 0.05) is 11.9 Å². The molecule has 0 aliphatic heterocycles. The summed E-state index contributed by atoms with van der Waals surface area (Å²) in [5, 5.41) is 4.60. The van der Waals surface area contributed by atoms with Crippen molar-refractivity contribution in [2.75, 3.05) is 5.32 Å². The highest BCUT2D eigenvalue weighted by Gasteiger charge is 2.30. The molecule has 4 aromatic rings. The number of aromatic nitrogens is 5. The molecule has 0 fully saturated rings. The van der Waals surface area contributed by atoms with E-state index in [9.17, 15) is 0 Å². The first-order chi connectivity index (χ1) is 14.9. The van der Waals surface area contributed by atoms with Gasteiger partial charge in [0.25, 0.3) is 0 Å². The van der Waals surface area contributed by atoms with Crippen LogP contribution in [0.2, 0.25) is 5.28 Å². The Balaban J connectivity index is 1.62. The standard InChI is InChI=1S/C23H20Cl2N6/c1-13-6-5-7-14-10-15(11-26-20-19-21(28-12-27-19)31-22(24)30-20)18(29-17(13)14)16-8-3-4-9-23(16,2)25/h3-8,10,12H,9,11H2,1-2H3,(H2,26,27,28,30,31). The molecule has 0 saturated heterocycles. The van der Waals surface area contributed by atoms with Crippen LogP contribution in [0.4, 0.5) is 5.82 Å². The Morgan fingerprint density at radius 2 is 2.10 bits per heavy atom. The van der Waals surface area contributed by atoms with Gasteiger partial charge in [-0.25, -0.2) is 9.97 Å². The molecule has 0 bridgehead atoms. The molecule has 1 atom stereocenters. The van der Waals surface area contributed by atoms with Crippen LogP contribution in [0.5, 0.6) is 0 Å². The van der Waals surface area contributed by atoms with E-state index in [-0.39, 0.29) is 5.28 Å². The number of H-pyrrole nitrogens is 1.